The van der Waals surface area contributed by atoms with Crippen LogP contribution in [0.25, 0.3) is 0 Å². The summed E-state index contributed by atoms with van der Waals surface area (Å²) in [6, 6.07) is 9.05. The second-order valence-corrected chi connectivity index (χ2v) is 12.3. The number of hydrogen-bond donors (Lipinski definition) is 4. The van der Waals surface area contributed by atoms with E-state index in [1.807, 2.05) is 17.0 Å². The Balaban J connectivity index is 1.22. The standard InChI is InChI=1S/C33H44F3N9O4/c1-49-30(47)25(38)4-2-3-14-40-32(48)41-16-10-23-11-17-44(18-12-23)27-20-28(43-31(42-27)33(34,35)36)45-19-13-26(45)29(46)39-15-9-22-5-7-24(21-37)8-6-22/h5-8,20,23,25-26H,2-4,9-19,38H2,1H3,(H,39,46)(H2,40,41,48)/t25-,26-/m0/s1. The van der Waals surface area contributed by atoms with Crippen LogP contribution in [-0.4, -0.2) is 86.3 Å². The van der Waals surface area contributed by atoms with Crippen LogP contribution in [0.1, 0.15) is 61.9 Å². The number of halogens is 3. The van der Waals surface area contributed by atoms with Gasteiger partial charge in [-0.2, -0.15) is 18.4 Å². The first-order valence-electron chi connectivity index (χ1n) is 16.6. The molecule has 2 saturated heterocycles. The summed E-state index contributed by atoms with van der Waals surface area (Å²) in [7, 11) is 1.29. The van der Waals surface area contributed by atoms with Gasteiger partial charge in [-0.15, -0.1) is 0 Å². The number of nitrogens with zero attached hydrogens (tertiary/aromatic N) is 5. The van der Waals surface area contributed by atoms with E-state index in [9.17, 15) is 27.6 Å². The Labute approximate surface area is 283 Å². The quantitative estimate of drug-likeness (QED) is 0.161. The van der Waals surface area contributed by atoms with E-state index in [4.69, 9.17) is 11.0 Å². The number of carbonyl (C=O) groups excluding carboxylic acids is 3. The van der Waals surface area contributed by atoms with Crippen LogP contribution in [0, 0.1) is 17.2 Å². The number of nitrogens with one attached hydrogen (secondary N) is 3. The van der Waals surface area contributed by atoms with Crippen LogP contribution in [0.15, 0.2) is 30.3 Å². The van der Waals surface area contributed by atoms with Crippen molar-refractivity contribution in [1.29, 1.82) is 5.26 Å². The smallest absolute Gasteiger partial charge is 0.451 e. The van der Waals surface area contributed by atoms with E-state index >= 15 is 0 Å². The van der Waals surface area contributed by atoms with Crippen molar-refractivity contribution in [2.75, 3.05) is 56.2 Å². The summed E-state index contributed by atoms with van der Waals surface area (Å²) < 4.78 is 46.2. The highest BCUT2D eigenvalue weighted by atomic mass is 19.4. The van der Waals surface area contributed by atoms with Gasteiger partial charge in [0.25, 0.3) is 0 Å². The van der Waals surface area contributed by atoms with Gasteiger partial charge in [0.2, 0.25) is 11.7 Å². The van der Waals surface area contributed by atoms with Crippen molar-refractivity contribution in [1.82, 2.24) is 25.9 Å². The van der Waals surface area contributed by atoms with Crippen LogP contribution in [0.2, 0.25) is 0 Å². The van der Waals surface area contributed by atoms with Crippen LogP contribution >= 0.6 is 0 Å². The molecule has 1 aromatic carbocycles. The van der Waals surface area contributed by atoms with E-state index in [2.05, 4.69) is 36.7 Å². The third kappa shape index (κ3) is 10.9. The molecule has 16 heteroatoms. The minimum absolute atomic E-state index is 0.0689. The number of anilines is 2. The molecule has 0 bridgehead atoms. The average Bonchev–Trinajstić information content (AvgIpc) is 3.07. The second-order valence-electron chi connectivity index (χ2n) is 12.3. The number of nitriles is 1. The molecule has 13 nitrogen and oxygen atoms in total. The number of alkyl halides is 3. The van der Waals surface area contributed by atoms with Gasteiger partial charge in [0, 0.05) is 45.3 Å². The van der Waals surface area contributed by atoms with Crippen LogP contribution in [-0.2, 0) is 26.9 Å². The SMILES string of the molecule is COC(=O)[C@@H](N)CCCCNC(=O)NCCC1CCN(c2cc(N3CC[C@H]3C(=O)NCCc3ccc(C#N)cc3)nc(C(F)(F)F)n2)CC1. The number of urea groups is 1. The summed E-state index contributed by atoms with van der Waals surface area (Å²) in [5.74, 6) is -1.45. The highest BCUT2D eigenvalue weighted by molar-refractivity contribution is 5.86. The summed E-state index contributed by atoms with van der Waals surface area (Å²) in [6.45, 7) is 2.65. The molecular formula is C33H44F3N9O4. The predicted molar refractivity (Wildman–Crippen MR) is 175 cm³/mol. The number of benzene rings is 1. The Hall–Kier alpha value is -4.65. The first-order chi connectivity index (χ1) is 23.5. The van der Waals surface area contributed by atoms with Crippen LogP contribution in [0.5, 0.6) is 0 Å². The number of aromatic nitrogens is 2. The van der Waals surface area contributed by atoms with Gasteiger partial charge < -0.3 is 36.2 Å². The predicted octanol–water partition coefficient (Wildman–Crippen LogP) is 2.88. The molecule has 2 aromatic rings. The van der Waals surface area contributed by atoms with Crippen molar-refractivity contribution in [3.63, 3.8) is 0 Å². The molecule has 3 heterocycles. The average molecular weight is 688 g/mol. The Kier molecular flexibility index (Phi) is 13.4. The third-order valence-electron chi connectivity index (χ3n) is 8.87. The molecule has 2 atom stereocenters. The summed E-state index contributed by atoms with van der Waals surface area (Å²) in [6.07, 6.45) is 0.275. The Bertz CT molecular complexity index is 1460. The normalized spacial score (nSPS) is 17.0. The molecule has 2 aliphatic rings. The molecule has 266 valence electrons. The Morgan fingerprint density at radius 3 is 2.33 bits per heavy atom. The molecule has 0 aliphatic carbocycles. The summed E-state index contributed by atoms with van der Waals surface area (Å²) >= 11 is 0. The van der Waals surface area contributed by atoms with E-state index in [1.165, 1.54) is 13.2 Å². The van der Waals surface area contributed by atoms with E-state index in [-0.39, 0.29) is 29.5 Å². The third-order valence-corrected chi connectivity index (χ3v) is 8.87. The zero-order valence-electron chi connectivity index (χ0n) is 27.6. The molecule has 49 heavy (non-hydrogen) atoms. The highest BCUT2D eigenvalue weighted by Gasteiger charge is 2.40. The number of nitrogens with two attached hydrogens (primary N) is 1. The summed E-state index contributed by atoms with van der Waals surface area (Å²) in [5.41, 5.74) is 7.20. The van der Waals surface area contributed by atoms with E-state index in [0.717, 1.165) is 24.8 Å². The number of piperidine rings is 1. The van der Waals surface area contributed by atoms with E-state index < -0.39 is 30.1 Å². The number of unbranched alkanes of at least 4 members (excludes halogenated alkanes) is 1. The zero-order valence-corrected chi connectivity index (χ0v) is 27.6. The number of rotatable bonds is 15. The first-order valence-corrected chi connectivity index (χ1v) is 16.6. The second kappa shape index (κ2) is 17.7. The maximum atomic E-state index is 13.9. The molecule has 4 rings (SSSR count). The maximum Gasteiger partial charge on any atom is 0.451 e. The number of ether oxygens (including phenoxy) is 1. The molecule has 0 saturated carbocycles. The number of esters is 1. The molecule has 0 radical (unpaired) electrons. The largest absolute Gasteiger partial charge is 0.468 e. The van der Waals surface area contributed by atoms with Gasteiger partial charge in [-0.1, -0.05) is 12.1 Å². The van der Waals surface area contributed by atoms with Crippen molar-refractivity contribution < 1.29 is 32.3 Å². The van der Waals surface area contributed by atoms with Gasteiger partial charge in [-0.3, -0.25) is 9.59 Å². The fourth-order valence-corrected chi connectivity index (χ4v) is 5.85. The van der Waals surface area contributed by atoms with Gasteiger partial charge in [0.1, 0.15) is 23.7 Å². The van der Waals surface area contributed by atoms with Gasteiger partial charge in [-0.05, 0) is 75.0 Å². The van der Waals surface area contributed by atoms with Gasteiger partial charge in [0.05, 0.1) is 18.7 Å². The number of carbonyl (C=O) groups is 3. The minimum Gasteiger partial charge on any atom is -0.468 e. The van der Waals surface area contributed by atoms with Crippen molar-refractivity contribution >= 4 is 29.5 Å². The monoisotopic (exact) mass is 687 g/mol. The molecule has 0 unspecified atom stereocenters. The van der Waals surface area contributed by atoms with E-state index in [0.29, 0.717) is 76.9 Å². The molecular weight excluding hydrogens is 643 g/mol. The molecule has 2 fully saturated rings. The maximum absolute atomic E-state index is 13.9. The minimum atomic E-state index is -4.76. The van der Waals surface area contributed by atoms with Crippen LogP contribution in [0.4, 0.5) is 29.6 Å². The molecule has 2 aliphatic heterocycles. The number of hydrogen-bond acceptors (Lipinski definition) is 10. The van der Waals surface area contributed by atoms with Crippen LogP contribution in [0.3, 0.4) is 0 Å². The topological polar surface area (TPSA) is 179 Å². The highest BCUT2D eigenvalue weighted by Crippen LogP contribution is 2.34. The lowest BCUT2D eigenvalue weighted by atomic mass is 9.93. The zero-order chi connectivity index (χ0) is 35.4. The fraction of sp³-hybridized carbons (Fsp3) is 0.576. The number of amides is 3. The molecule has 3 amide bonds. The van der Waals surface area contributed by atoms with E-state index in [1.54, 1.807) is 17.0 Å². The summed E-state index contributed by atoms with van der Waals surface area (Å²) in [5, 5.41) is 17.4. The van der Waals surface area contributed by atoms with Gasteiger partial charge in [0.15, 0.2) is 0 Å². The lowest BCUT2D eigenvalue weighted by molar-refractivity contribution is -0.145. The summed E-state index contributed by atoms with van der Waals surface area (Å²) in [4.78, 5) is 47.5. The van der Waals surface area contributed by atoms with Crippen LogP contribution < -0.4 is 31.5 Å². The first kappa shape index (κ1) is 37.2. The van der Waals surface area contributed by atoms with Gasteiger partial charge in [-0.25, -0.2) is 14.8 Å². The van der Waals surface area contributed by atoms with Crippen molar-refractivity contribution in [2.45, 2.75) is 69.6 Å². The number of methoxy groups -OCH3 is 1. The molecule has 1 aromatic heterocycles. The fourth-order valence-electron chi connectivity index (χ4n) is 5.85. The van der Waals surface area contributed by atoms with Crippen molar-refractivity contribution in [3.8, 4) is 6.07 Å². The molecule has 0 spiro atoms. The lowest BCUT2D eigenvalue weighted by Gasteiger charge is -2.41. The lowest BCUT2D eigenvalue weighted by Crippen LogP contribution is -2.57. The van der Waals surface area contributed by atoms with Gasteiger partial charge >= 0.3 is 18.2 Å². The Morgan fingerprint density at radius 1 is 1.00 bits per heavy atom. The van der Waals surface area contributed by atoms with Crippen molar-refractivity contribution in [2.24, 2.45) is 11.7 Å². The molecule has 5 N–H and O–H groups in total. The van der Waals surface area contributed by atoms with Crippen molar-refractivity contribution in [3.05, 3.63) is 47.3 Å². The Morgan fingerprint density at radius 2 is 1.69 bits per heavy atom.